The van der Waals surface area contributed by atoms with E-state index in [-0.39, 0.29) is 13.1 Å². The van der Waals surface area contributed by atoms with E-state index < -0.39 is 39.5 Å². The van der Waals surface area contributed by atoms with Crippen molar-refractivity contribution >= 4 is 22.1 Å². The number of carbonyl (C=O) groups is 2. The van der Waals surface area contributed by atoms with E-state index in [0.717, 1.165) is 0 Å². The van der Waals surface area contributed by atoms with Gasteiger partial charge in [-0.25, -0.2) is 0 Å². The number of hydrogen-bond acceptors (Lipinski definition) is 5. The highest BCUT2D eigenvalue weighted by atomic mass is 32.2. The molecule has 2 aliphatic heterocycles. The van der Waals surface area contributed by atoms with Crippen LogP contribution in [0.15, 0.2) is 0 Å². The molecule has 2 fully saturated rings. The summed E-state index contributed by atoms with van der Waals surface area (Å²) in [6.45, 7) is 5.44. The first-order chi connectivity index (χ1) is 8.60. The third kappa shape index (κ3) is 2.96. The number of piperidine rings is 1. The topological polar surface area (TPSA) is 92.8 Å². The Labute approximate surface area is 112 Å². The van der Waals surface area contributed by atoms with E-state index in [1.54, 1.807) is 20.8 Å². The molecule has 2 heterocycles. The van der Waals surface area contributed by atoms with Gasteiger partial charge in [0, 0.05) is 18.6 Å². The van der Waals surface area contributed by atoms with Crippen LogP contribution >= 0.6 is 0 Å². The summed E-state index contributed by atoms with van der Waals surface area (Å²) in [5.74, 6) is -2.31. The molecule has 2 saturated heterocycles. The molecule has 0 aliphatic carbocycles. The number of ether oxygens (including phenoxy) is 1. The summed E-state index contributed by atoms with van der Waals surface area (Å²) in [6.07, 6.45) is 0.320. The lowest BCUT2D eigenvalue weighted by atomic mass is 9.89. The summed E-state index contributed by atoms with van der Waals surface area (Å²) in [4.78, 5) is 22.9. The van der Waals surface area contributed by atoms with Crippen LogP contribution in [0.5, 0.6) is 0 Å². The van der Waals surface area contributed by atoms with Crippen molar-refractivity contribution in [3.8, 4) is 0 Å². The number of esters is 2. The Kier molecular flexibility index (Phi) is 3.44. The van der Waals surface area contributed by atoms with Crippen LogP contribution in [0.25, 0.3) is 0 Å². The smallest absolute Gasteiger partial charge is 0.318 e. The molecule has 0 aromatic carbocycles. The lowest BCUT2D eigenvalue weighted by Gasteiger charge is -2.33. The number of nitrogens with zero attached hydrogens (tertiary/aromatic N) is 1. The van der Waals surface area contributed by atoms with E-state index in [9.17, 15) is 18.0 Å². The highest BCUT2D eigenvalue weighted by Gasteiger charge is 2.49. The number of hydrogen-bond donors (Lipinski definition) is 1. The van der Waals surface area contributed by atoms with Gasteiger partial charge < -0.3 is 4.74 Å². The van der Waals surface area contributed by atoms with Crippen molar-refractivity contribution in [3.05, 3.63) is 0 Å². The van der Waals surface area contributed by atoms with Crippen LogP contribution in [0, 0.1) is 11.8 Å². The molecule has 8 heteroatoms. The van der Waals surface area contributed by atoms with E-state index in [1.807, 2.05) is 0 Å². The van der Waals surface area contributed by atoms with Crippen LogP contribution in [0.1, 0.15) is 27.2 Å². The van der Waals surface area contributed by atoms with E-state index in [0.29, 0.717) is 6.42 Å². The fourth-order valence-electron chi connectivity index (χ4n) is 2.36. The molecule has 0 saturated carbocycles. The Morgan fingerprint density at radius 2 is 1.79 bits per heavy atom. The summed E-state index contributed by atoms with van der Waals surface area (Å²) in [5.41, 5.74) is -0.596. The first kappa shape index (κ1) is 14.4. The Bertz CT molecular complexity index is 508. The highest BCUT2D eigenvalue weighted by molar-refractivity contribution is 7.87. The zero-order valence-electron chi connectivity index (χ0n) is 11.2. The Morgan fingerprint density at radius 1 is 1.21 bits per heavy atom. The number of rotatable bonds is 2. The third-order valence-corrected chi connectivity index (χ3v) is 5.04. The van der Waals surface area contributed by atoms with Gasteiger partial charge >= 0.3 is 11.9 Å². The molecule has 2 atom stereocenters. The number of fused-ring (bicyclic) bond motifs is 1. The van der Waals surface area contributed by atoms with Crippen molar-refractivity contribution in [1.82, 2.24) is 9.03 Å². The van der Waals surface area contributed by atoms with Gasteiger partial charge in [0.25, 0.3) is 10.2 Å². The predicted molar refractivity (Wildman–Crippen MR) is 66.1 cm³/mol. The lowest BCUT2D eigenvalue weighted by Crippen LogP contribution is -2.53. The van der Waals surface area contributed by atoms with Crippen molar-refractivity contribution in [3.63, 3.8) is 0 Å². The van der Waals surface area contributed by atoms with Crippen LogP contribution in [-0.2, 0) is 24.5 Å². The molecule has 0 aromatic heterocycles. The van der Waals surface area contributed by atoms with E-state index in [1.165, 1.54) is 4.31 Å². The monoisotopic (exact) mass is 290 g/mol. The minimum absolute atomic E-state index is 0.000648. The molecule has 0 bridgehead atoms. The average Bonchev–Trinajstić information content (AvgIpc) is 2.51. The maximum absolute atomic E-state index is 12.2. The van der Waals surface area contributed by atoms with Crippen LogP contribution < -0.4 is 4.72 Å². The van der Waals surface area contributed by atoms with Crippen LogP contribution in [-0.4, -0.2) is 43.3 Å². The average molecular weight is 290 g/mol. The molecular formula is C11H18N2O5S. The first-order valence-electron chi connectivity index (χ1n) is 6.15. The summed E-state index contributed by atoms with van der Waals surface area (Å²) < 4.78 is 32.6. The Morgan fingerprint density at radius 3 is 2.37 bits per heavy atom. The van der Waals surface area contributed by atoms with Gasteiger partial charge in [-0.15, -0.1) is 0 Å². The molecule has 2 aliphatic rings. The third-order valence-electron chi connectivity index (χ3n) is 3.16. The maximum Gasteiger partial charge on any atom is 0.318 e. The van der Waals surface area contributed by atoms with Gasteiger partial charge in [-0.1, -0.05) is 0 Å². The molecule has 0 amide bonds. The van der Waals surface area contributed by atoms with Gasteiger partial charge in [0.15, 0.2) is 0 Å². The minimum Gasteiger partial charge on any atom is -0.393 e. The van der Waals surface area contributed by atoms with Crippen molar-refractivity contribution < 1.29 is 22.7 Å². The van der Waals surface area contributed by atoms with Gasteiger partial charge in [0.2, 0.25) is 0 Å². The van der Waals surface area contributed by atoms with Crippen LogP contribution in [0.3, 0.4) is 0 Å². The maximum atomic E-state index is 12.2. The molecule has 1 N–H and O–H groups in total. The second-order valence-corrected chi connectivity index (χ2v) is 7.63. The van der Waals surface area contributed by atoms with E-state index in [4.69, 9.17) is 0 Å². The molecule has 108 valence electrons. The number of nitrogens with one attached hydrogen (secondary N) is 1. The standard InChI is InChI=1S/C11H18N2O5S/c1-11(2,3)12-19(16,17)13-5-4-7-8(6-13)10(15)18-9(7)14/h7-8,12H,4-6H2,1-3H3. The summed E-state index contributed by atoms with van der Waals surface area (Å²) >= 11 is 0. The van der Waals surface area contributed by atoms with Gasteiger partial charge in [-0.3, -0.25) is 9.59 Å². The van der Waals surface area contributed by atoms with Crippen molar-refractivity contribution in [2.75, 3.05) is 13.1 Å². The summed E-state index contributed by atoms with van der Waals surface area (Å²) in [5, 5.41) is 0. The molecule has 0 radical (unpaired) electrons. The first-order valence-corrected chi connectivity index (χ1v) is 7.59. The van der Waals surface area contributed by atoms with Crippen molar-refractivity contribution in [1.29, 1.82) is 0 Å². The SMILES string of the molecule is CC(C)(C)NS(=O)(=O)N1CCC2C(=O)OC(=O)C2C1. The normalized spacial score (nSPS) is 29.2. The summed E-state index contributed by atoms with van der Waals surface area (Å²) in [6, 6.07) is 0. The van der Waals surface area contributed by atoms with Gasteiger partial charge in [-0.2, -0.15) is 17.4 Å². The van der Waals surface area contributed by atoms with Crippen LogP contribution in [0.2, 0.25) is 0 Å². The second-order valence-electron chi connectivity index (χ2n) is 5.96. The molecule has 19 heavy (non-hydrogen) atoms. The number of cyclic esters (lactones) is 2. The molecular weight excluding hydrogens is 272 g/mol. The van der Waals surface area contributed by atoms with Crippen LogP contribution in [0.4, 0.5) is 0 Å². The zero-order chi connectivity index (χ0) is 14.4. The molecule has 2 rings (SSSR count). The largest absolute Gasteiger partial charge is 0.393 e. The molecule has 0 spiro atoms. The zero-order valence-corrected chi connectivity index (χ0v) is 12.0. The molecule has 2 unspecified atom stereocenters. The second kappa shape index (κ2) is 4.53. The van der Waals surface area contributed by atoms with E-state index in [2.05, 4.69) is 9.46 Å². The van der Waals surface area contributed by atoms with Gasteiger partial charge in [0.05, 0.1) is 11.8 Å². The summed E-state index contributed by atoms with van der Waals surface area (Å²) in [7, 11) is -3.66. The fourth-order valence-corrected chi connectivity index (χ4v) is 3.97. The molecule has 7 nitrogen and oxygen atoms in total. The number of carbonyl (C=O) groups excluding carboxylic acids is 2. The highest BCUT2D eigenvalue weighted by Crippen LogP contribution is 2.32. The Balaban J connectivity index is 2.13. The minimum atomic E-state index is -3.66. The van der Waals surface area contributed by atoms with Crippen molar-refractivity contribution in [2.45, 2.75) is 32.7 Å². The van der Waals surface area contributed by atoms with Crippen molar-refractivity contribution in [2.24, 2.45) is 11.8 Å². The lowest BCUT2D eigenvalue weighted by molar-refractivity contribution is -0.153. The van der Waals surface area contributed by atoms with Gasteiger partial charge in [-0.05, 0) is 27.2 Å². The quantitative estimate of drug-likeness (QED) is 0.554. The van der Waals surface area contributed by atoms with Gasteiger partial charge in [0.1, 0.15) is 0 Å². The van der Waals surface area contributed by atoms with E-state index >= 15 is 0 Å². The fraction of sp³-hybridized carbons (Fsp3) is 0.818. The molecule has 0 aromatic rings. The Hall–Kier alpha value is -0.990. The predicted octanol–water partition coefficient (Wildman–Crippen LogP) is -0.359.